The van der Waals surface area contributed by atoms with Crippen LogP contribution in [0, 0.1) is 0 Å². The van der Waals surface area contributed by atoms with Crippen LogP contribution in [0.5, 0.6) is 0 Å². The van der Waals surface area contributed by atoms with Gasteiger partial charge in [-0.1, -0.05) is 71.5 Å². The maximum absolute atomic E-state index is 6.26. The van der Waals surface area contributed by atoms with Gasteiger partial charge in [-0.05, 0) is 35.7 Å². The number of nitrogens with zero attached hydrogens (tertiary/aromatic N) is 1. The molecule has 1 heterocycles. The lowest BCUT2D eigenvalue weighted by atomic mass is 9.79. The minimum absolute atomic E-state index is 0.0360. The summed E-state index contributed by atoms with van der Waals surface area (Å²) in [6.45, 7) is 0. The van der Waals surface area contributed by atoms with Gasteiger partial charge in [-0.15, -0.1) is 0 Å². The number of hydrogen-bond donors (Lipinski definition) is 0. The molecule has 0 saturated heterocycles. The number of rotatable bonds is 5. The summed E-state index contributed by atoms with van der Waals surface area (Å²) in [7, 11) is 0. The van der Waals surface area contributed by atoms with Crippen LogP contribution in [0.15, 0.2) is 47.2 Å². The summed E-state index contributed by atoms with van der Waals surface area (Å²) in [4.78, 5) is 4.05. The van der Waals surface area contributed by atoms with Crippen LogP contribution < -0.4 is 0 Å². The Bertz CT molecular complexity index is 568. The number of halogens is 4. The molecule has 0 aliphatic carbocycles. The van der Waals surface area contributed by atoms with Gasteiger partial charge >= 0.3 is 0 Å². The molecular formula is C15H13Br3ClN. The van der Waals surface area contributed by atoms with Gasteiger partial charge in [-0.25, -0.2) is 0 Å². The zero-order valence-corrected chi connectivity index (χ0v) is 16.1. The largest absolute Gasteiger partial charge is 0.263 e. The van der Waals surface area contributed by atoms with Gasteiger partial charge in [0.25, 0.3) is 0 Å². The molecule has 2 aromatic rings. The first-order valence-electron chi connectivity index (χ1n) is 6.08. The van der Waals surface area contributed by atoms with Crippen LogP contribution in [-0.4, -0.2) is 15.6 Å². The van der Waals surface area contributed by atoms with E-state index in [1.807, 2.05) is 6.07 Å². The van der Waals surface area contributed by atoms with Gasteiger partial charge < -0.3 is 0 Å². The van der Waals surface area contributed by atoms with Crippen molar-refractivity contribution < 1.29 is 0 Å². The van der Waals surface area contributed by atoms with Crippen molar-refractivity contribution in [1.82, 2.24) is 4.98 Å². The van der Waals surface area contributed by atoms with Crippen molar-refractivity contribution in [2.45, 2.75) is 11.8 Å². The SMILES string of the molecule is Clc1cnccc1CC(CBr)(CBr)c1ccc(Br)cc1. The maximum Gasteiger partial charge on any atom is 0.0621 e. The predicted molar refractivity (Wildman–Crippen MR) is 96.4 cm³/mol. The fraction of sp³-hybridized carbons (Fsp3) is 0.267. The van der Waals surface area contributed by atoms with E-state index in [2.05, 4.69) is 77.0 Å². The molecule has 0 radical (unpaired) electrons. The van der Waals surface area contributed by atoms with Crippen molar-refractivity contribution in [3.05, 3.63) is 63.3 Å². The van der Waals surface area contributed by atoms with Crippen LogP contribution in [0.4, 0.5) is 0 Å². The lowest BCUT2D eigenvalue weighted by molar-refractivity contribution is 0.551. The Morgan fingerprint density at radius 1 is 1.05 bits per heavy atom. The molecule has 0 unspecified atom stereocenters. The molecule has 20 heavy (non-hydrogen) atoms. The minimum Gasteiger partial charge on any atom is -0.263 e. The van der Waals surface area contributed by atoms with Gasteiger partial charge in [-0.3, -0.25) is 4.98 Å². The molecule has 0 fully saturated rings. The van der Waals surface area contributed by atoms with Crippen LogP contribution in [-0.2, 0) is 11.8 Å². The monoisotopic (exact) mass is 479 g/mol. The van der Waals surface area contributed by atoms with Crippen molar-refractivity contribution >= 4 is 59.4 Å². The molecule has 0 amide bonds. The molecular weight excluding hydrogens is 469 g/mol. The summed E-state index contributed by atoms with van der Waals surface area (Å²) in [5.41, 5.74) is 2.36. The highest BCUT2D eigenvalue weighted by atomic mass is 79.9. The first kappa shape index (κ1) is 16.5. The van der Waals surface area contributed by atoms with E-state index in [4.69, 9.17) is 11.6 Å². The van der Waals surface area contributed by atoms with Crippen LogP contribution in [0.3, 0.4) is 0 Å². The highest BCUT2D eigenvalue weighted by Gasteiger charge is 2.31. The predicted octanol–water partition coefficient (Wildman–Crippen LogP) is 5.77. The molecule has 0 aliphatic heterocycles. The molecule has 2 rings (SSSR count). The van der Waals surface area contributed by atoms with E-state index in [1.54, 1.807) is 12.4 Å². The Kier molecular flexibility index (Phi) is 6.09. The second-order valence-corrected chi connectivity index (χ2v) is 7.14. The molecule has 5 heteroatoms. The molecule has 0 N–H and O–H groups in total. The maximum atomic E-state index is 6.26. The van der Waals surface area contributed by atoms with E-state index in [9.17, 15) is 0 Å². The third kappa shape index (κ3) is 3.65. The quantitative estimate of drug-likeness (QED) is 0.494. The third-order valence-corrected chi connectivity index (χ3v) is 6.37. The van der Waals surface area contributed by atoms with E-state index in [1.165, 1.54) is 5.56 Å². The van der Waals surface area contributed by atoms with Crippen molar-refractivity contribution in [3.8, 4) is 0 Å². The van der Waals surface area contributed by atoms with Gasteiger partial charge in [0.05, 0.1) is 5.02 Å². The first-order valence-corrected chi connectivity index (χ1v) is 9.49. The van der Waals surface area contributed by atoms with E-state index in [-0.39, 0.29) is 5.41 Å². The average Bonchev–Trinajstić information content (AvgIpc) is 2.48. The minimum atomic E-state index is -0.0360. The average molecular weight is 482 g/mol. The highest BCUT2D eigenvalue weighted by molar-refractivity contribution is 9.10. The lowest BCUT2D eigenvalue weighted by Crippen LogP contribution is -2.33. The number of aromatic nitrogens is 1. The summed E-state index contributed by atoms with van der Waals surface area (Å²) in [6, 6.07) is 10.4. The number of alkyl halides is 2. The summed E-state index contributed by atoms with van der Waals surface area (Å²) < 4.78 is 1.08. The molecule has 0 saturated carbocycles. The Morgan fingerprint density at radius 2 is 1.70 bits per heavy atom. The van der Waals surface area contributed by atoms with E-state index >= 15 is 0 Å². The Hall–Kier alpha value is 0.1000. The Balaban J connectivity index is 2.39. The molecule has 0 bridgehead atoms. The third-order valence-electron chi connectivity index (χ3n) is 3.35. The van der Waals surface area contributed by atoms with Gasteiger partial charge in [0.2, 0.25) is 0 Å². The van der Waals surface area contributed by atoms with Crippen LogP contribution in [0.1, 0.15) is 11.1 Å². The standard InChI is InChI=1S/C15H13Br3ClN/c16-9-15(10-17,12-1-3-13(18)4-2-12)7-11-5-6-20-8-14(11)19/h1-6,8H,7,9-10H2. The smallest absolute Gasteiger partial charge is 0.0621 e. The first-order chi connectivity index (χ1) is 9.61. The molecule has 0 atom stereocenters. The molecule has 1 aromatic heterocycles. The fourth-order valence-electron chi connectivity index (χ4n) is 2.10. The summed E-state index contributed by atoms with van der Waals surface area (Å²) >= 11 is 17.1. The van der Waals surface area contributed by atoms with E-state index in [0.29, 0.717) is 0 Å². The van der Waals surface area contributed by atoms with Crippen molar-refractivity contribution in [3.63, 3.8) is 0 Å². The van der Waals surface area contributed by atoms with Gasteiger partial charge in [0.1, 0.15) is 0 Å². The molecule has 1 aromatic carbocycles. The molecule has 0 aliphatic rings. The molecule has 1 nitrogen and oxygen atoms in total. The van der Waals surface area contributed by atoms with Gasteiger partial charge in [0, 0.05) is 32.9 Å². The lowest BCUT2D eigenvalue weighted by Gasteiger charge is -2.31. The van der Waals surface area contributed by atoms with Crippen LogP contribution >= 0.6 is 59.4 Å². The number of benzene rings is 1. The highest BCUT2D eigenvalue weighted by Crippen LogP contribution is 2.35. The van der Waals surface area contributed by atoms with Crippen LogP contribution in [0.2, 0.25) is 5.02 Å². The summed E-state index contributed by atoms with van der Waals surface area (Å²) in [5, 5.41) is 2.42. The number of hydrogen-bond acceptors (Lipinski definition) is 1. The van der Waals surface area contributed by atoms with Crippen LogP contribution in [0.25, 0.3) is 0 Å². The van der Waals surface area contributed by atoms with Crippen molar-refractivity contribution in [2.75, 3.05) is 10.7 Å². The molecule has 0 spiro atoms. The van der Waals surface area contributed by atoms with E-state index < -0.39 is 0 Å². The zero-order valence-electron chi connectivity index (χ0n) is 10.6. The molecule has 106 valence electrons. The summed E-state index contributed by atoms with van der Waals surface area (Å²) in [5.74, 6) is 0. The van der Waals surface area contributed by atoms with Gasteiger partial charge in [0.15, 0.2) is 0 Å². The van der Waals surface area contributed by atoms with E-state index in [0.717, 1.165) is 32.1 Å². The topological polar surface area (TPSA) is 12.9 Å². The zero-order chi connectivity index (χ0) is 14.6. The van der Waals surface area contributed by atoms with Gasteiger partial charge in [-0.2, -0.15) is 0 Å². The van der Waals surface area contributed by atoms with Crippen molar-refractivity contribution in [2.24, 2.45) is 0 Å². The summed E-state index contributed by atoms with van der Waals surface area (Å²) in [6.07, 6.45) is 4.34. The number of pyridine rings is 1. The van der Waals surface area contributed by atoms with Crippen molar-refractivity contribution in [1.29, 1.82) is 0 Å². The second-order valence-electron chi connectivity index (χ2n) is 4.70. The normalized spacial score (nSPS) is 11.6. The second kappa shape index (κ2) is 7.39. The fourth-order valence-corrected chi connectivity index (χ4v) is 4.52. The Morgan fingerprint density at radius 3 is 2.25 bits per heavy atom. The Labute approximate surface area is 149 Å².